The molecule has 28 heavy (non-hydrogen) atoms. The van der Waals surface area contributed by atoms with Crippen LogP contribution in [0, 0.1) is 6.92 Å². The fraction of sp³-hybridized carbons (Fsp3) is 0.105. The molecule has 2 heterocycles. The number of benzene rings is 2. The first-order chi connectivity index (χ1) is 13.4. The molecule has 4 aromatic rings. The van der Waals surface area contributed by atoms with Gasteiger partial charge in [-0.2, -0.15) is 18.3 Å². The minimum Gasteiger partial charge on any atom is -0.463 e. The Morgan fingerprint density at radius 2 is 1.93 bits per heavy atom. The summed E-state index contributed by atoms with van der Waals surface area (Å²) in [6.07, 6.45) is -3.28. The van der Waals surface area contributed by atoms with E-state index in [1.165, 1.54) is 12.3 Å². The Hall–Kier alpha value is -3.71. The third kappa shape index (κ3) is 2.87. The maximum absolute atomic E-state index is 13.4. The number of rotatable bonds is 3. The molecule has 2 aromatic heterocycles. The predicted octanol–water partition coefficient (Wildman–Crippen LogP) is 6.55. The van der Waals surface area contributed by atoms with E-state index in [1.807, 2.05) is 24.3 Å². The molecule has 0 unspecified atom stereocenters. The molecule has 4 rings (SSSR count). The molecule has 0 bridgehead atoms. The summed E-state index contributed by atoms with van der Waals surface area (Å²) in [5.41, 5.74) is 9.06. The number of furan rings is 1. The van der Waals surface area contributed by atoms with E-state index < -0.39 is 11.9 Å². The largest absolute Gasteiger partial charge is 0.463 e. The lowest BCUT2D eigenvalue weighted by Gasteiger charge is -2.15. The molecule has 0 radical (unpaired) electrons. The van der Waals surface area contributed by atoms with Crippen LogP contribution in [0.1, 0.15) is 11.3 Å². The van der Waals surface area contributed by atoms with Crippen molar-refractivity contribution >= 4 is 16.5 Å². The second kappa shape index (κ2) is 6.47. The first kappa shape index (κ1) is 17.7. The smallest absolute Gasteiger partial charge is 0.435 e. The van der Waals surface area contributed by atoms with Gasteiger partial charge in [0.2, 0.25) is 0 Å². The molecule has 0 N–H and O–H groups in total. The molecule has 2 aromatic carbocycles. The van der Waals surface area contributed by atoms with Crippen LogP contribution in [0.5, 0.6) is 0 Å². The summed E-state index contributed by atoms with van der Waals surface area (Å²) in [6.45, 7) is 1.74. The van der Waals surface area contributed by atoms with Gasteiger partial charge in [-0.15, -0.1) is 0 Å². The Bertz CT molecular complexity index is 1220. The third-order valence-corrected chi connectivity index (χ3v) is 4.39. The Morgan fingerprint density at radius 3 is 2.61 bits per heavy atom. The van der Waals surface area contributed by atoms with Gasteiger partial charge in [0.1, 0.15) is 5.69 Å². The van der Waals surface area contributed by atoms with E-state index in [2.05, 4.69) is 15.1 Å². The Kier molecular flexibility index (Phi) is 4.09. The summed E-state index contributed by atoms with van der Waals surface area (Å²) < 4.78 is 46.5. The second-order valence-corrected chi connectivity index (χ2v) is 6.08. The molecule has 0 atom stereocenters. The van der Waals surface area contributed by atoms with Crippen molar-refractivity contribution in [3.8, 4) is 17.1 Å². The van der Waals surface area contributed by atoms with Gasteiger partial charge in [-0.3, -0.25) is 0 Å². The quantitative estimate of drug-likeness (QED) is 0.228. The zero-order valence-electron chi connectivity index (χ0n) is 14.5. The summed E-state index contributed by atoms with van der Waals surface area (Å²) in [4.78, 5) is 2.83. The third-order valence-electron chi connectivity index (χ3n) is 4.39. The van der Waals surface area contributed by atoms with E-state index in [1.54, 1.807) is 19.1 Å². The van der Waals surface area contributed by atoms with Gasteiger partial charge in [0.05, 0.1) is 17.6 Å². The molecule has 0 saturated carbocycles. The highest BCUT2D eigenvalue weighted by Gasteiger charge is 2.36. The van der Waals surface area contributed by atoms with Crippen molar-refractivity contribution in [3.05, 3.63) is 76.5 Å². The lowest BCUT2D eigenvalue weighted by atomic mass is 10.0. The second-order valence-electron chi connectivity index (χ2n) is 6.08. The van der Waals surface area contributed by atoms with E-state index in [0.717, 1.165) is 21.5 Å². The fourth-order valence-corrected chi connectivity index (χ4v) is 3.18. The lowest BCUT2D eigenvalue weighted by Crippen LogP contribution is -2.08. The summed E-state index contributed by atoms with van der Waals surface area (Å²) in [6, 6.07) is 13.0. The van der Waals surface area contributed by atoms with Crippen LogP contribution in [-0.4, -0.2) is 9.78 Å². The normalized spacial score (nSPS) is 11.6. The van der Waals surface area contributed by atoms with Gasteiger partial charge < -0.3 is 4.42 Å². The standard InChI is InChI=1S/C19H12F3N5O/c1-11-13-6-3-2-5-12(13)9-14(24-26-23)18(11)27-15(16-7-4-8-28-16)10-17(25-27)19(20,21)22/h2-10H,1H3. The molecule has 6 nitrogen and oxygen atoms in total. The van der Waals surface area contributed by atoms with Gasteiger partial charge in [0.15, 0.2) is 11.5 Å². The summed E-state index contributed by atoms with van der Waals surface area (Å²) in [5, 5.41) is 9.07. The van der Waals surface area contributed by atoms with Crippen molar-refractivity contribution in [2.45, 2.75) is 13.1 Å². The van der Waals surface area contributed by atoms with Crippen LogP contribution < -0.4 is 0 Å². The van der Waals surface area contributed by atoms with Gasteiger partial charge in [-0.25, -0.2) is 4.68 Å². The lowest BCUT2D eigenvalue weighted by molar-refractivity contribution is -0.141. The van der Waals surface area contributed by atoms with E-state index in [9.17, 15) is 13.2 Å². The average Bonchev–Trinajstić information content (AvgIpc) is 3.31. The molecule has 140 valence electrons. The van der Waals surface area contributed by atoms with E-state index in [4.69, 9.17) is 9.95 Å². The first-order valence-electron chi connectivity index (χ1n) is 8.19. The maximum Gasteiger partial charge on any atom is 0.435 e. The van der Waals surface area contributed by atoms with Crippen LogP contribution >= 0.6 is 0 Å². The Morgan fingerprint density at radius 1 is 1.14 bits per heavy atom. The topological polar surface area (TPSA) is 79.7 Å². The first-order valence-corrected chi connectivity index (χ1v) is 8.19. The summed E-state index contributed by atoms with van der Waals surface area (Å²) in [5.74, 6) is 0.211. The average molecular weight is 383 g/mol. The van der Waals surface area contributed by atoms with Crippen LogP contribution in [0.3, 0.4) is 0 Å². The molecule has 0 aliphatic heterocycles. The van der Waals surface area contributed by atoms with Crippen LogP contribution in [-0.2, 0) is 6.18 Å². The summed E-state index contributed by atoms with van der Waals surface area (Å²) in [7, 11) is 0. The number of nitrogens with zero attached hydrogens (tertiary/aromatic N) is 5. The van der Waals surface area contributed by atoms with Crippen molar-refractivity contribution in [1.29, 1.82) is 0 Å². The zero-order valence-corrected chi connectivity index (χ0v) is 14.5. The molecule has 0 fully saturated rings. The molecular weight excluding hydrogens is 371 g/mol. The highest BCUT2D eigenvalue weighted by Crippen LogP contribution is 2.39. The molecular formula is C19H12F3N5O. The monoisotopic (exact) mass is 383 g/mol. The molecule has 0 aliphatic carbocycles. The molecule has 0 saturated heterocycles. The minimum absolute atomic E-state index is 0.102. The van der Waals surface area contributed by atoms with Crippen LogP contribution in [0.2, 0.25) is 0 Å². The van der Waals surface area contributed by atoms with Gasteiger partial charge in [0, 0.05) is 11.0 Å². The highest BCUT2D eigenvalue weighted by atomic mass is 19.4. The number of fused-ring (bicyclic) bond motifs is 1. The van der Waals surface area contributed by atoms with Gasteiger partial charge >= 0.3 is 6.18 Å². The molecule has 9 heteroatoms. The maximum atomic E-state index is 13.4. The summed E-state index contributed by atoms with van der Waals surface area (Å²) >= 11 is 0. The number of hydrogen-bond acceptors (Lipinski definition) is 3. The molecule has 0 spiro atoms. The number of aryl methyl sites for hydroxylation is 1. The van der Waals surface area contributed by atoms with Crippen molar-refractivity contribution in [2.24, 2.45) is 5.11 Å². The number of alkyl halides is 3. The van der Waals surface area contributed by atoms with E-state index >= 15 is 0 Å². The SMILES string of the molecule is Cc1c(-n2nc(C(F)(F)F)cc2-c2ccco2)c(N=[N+]=[N-])cc2ccccc12. The van der Waals surface area contributed by atoms with Gasteiger partial charge in [0.25, 0.3) is 0 Å². The van der Waals surface area contributed by atoms with Crippen molar-refractivity contribution in [1.82, 2.24) is 9.78 Å². The highest BCUT2D eigenvalue weighted by molar-refractivity contribution is 5.93. The number of aromatic nitrogens is 2. The Balaban J connectivity index is 2.10. The van der Waals surface area contributed by atoms with E-state index in [-0.39, 0.29) is 22.8 Å². The fourth-order valence-electron chi connectivity index (χ4n) is 3.18. The Labute approximate surface area is 156 Å². The van der Waals surface area contributed by atoms with Crippen molar-refractivity contribution in [2.75, 3.05) is 0 Å². The van der Waals surface area contributed by atoms with Crippen LogP contribution in [0.15, 0.2) is 64.3 Å². The predicted molar refractivity (Wildman–Crippen MR) is 97.3 cm³/mol. The van der Waals surface area contributed by atoms with Gasteiger partial charge in [-0.1, -0.05) is 29.4 Å². The molecule has 0 aliphatic rings. The van der Waals surface area contributed by atoms with Crippen LogP contribution in [0.25, 0.3) is 38.4 Å². The molecule has 0 amide bonds. The number of azide groups is 1. The number of hydrogen-bond donors (Lipinski definition) is 0. The van der Waals surface area contributed by atoms with Crippen molar-refractivity contribution < 1.29 is 17.6 Å². The van der Waals surface area contributed by atoms with Gasteiger partial charge in [-0.05, 0) is 47.0 Å². The van der Waals surface area contributed by atoms with Crippen LogP contribution in [0.4, 0.5) is 18.9 Å². The number of halogens is 3. The minimum atomic E-state index is -4.64. The zero-order chi connectivity index (χ0) is 19.9. The van der Waals surface area contributed by atoms with Crippen molar-refractivity contribution in [3.63, 3.8) is 0 Å². The van der Waals surface area contributed by atoms with E-state index in [0.29, 0.717) is 5.56 Å².